The quantitative estimate of drug-likeness (QED) is 0.321. The van der Waals surface area contributed by atoms with Crippen molar-refractivity contribution in [2.75, 3.05) is 0 Å². The Kier molecular flexibility index (Phi) is 8.63. The molecule has 0 N–H and O–H groups in total. The van der Waals surface area contributed by atoms with E-state index >= 15 is 0 Å². The van der Waals surface area contributed by atoms with Crippen LogP contribution in [0.5, 0.6) is 0 Å². The minimum absolute atomic E-state index is 0.911. The standard InChI is InChI=1S/C22H40/c1-3-5-11-21-13-8-9-14-22(21)12-7-6-10-20-17-15-19(4-2)16-18-20/h5,11,19-22H,3-4,6-10,12-18H2,1-2H3. The smallest absolute Gasteiger partial charge is 0.0205 e. The molecule has 2 fully saturated rings. The van der Waals surface area contributed by atoms with E-state index < -0.39 is 0 Å². The molecule has 2 saturated carbocycles. The summed E-state index contributed by atoms with van der Waals surface area (Å²) >= 11 is 0. The van der Waals surface area contributed by atoms with E-state index in [1.165, 1.54) is 89.9 Å². The number of hydrogen-bond acceptors (Lipinski definition) is 0. The van der Waals surface area contributed by atoms with Crippen molar-refractivity contribution in [3.8, 4) is 0 Å². The molecule has 0 nitrogen and oxygen atoms in total. The van der Waals surface area contributed by atoms with E-state index in [1.807, 2.05) is 0 Å². The third kappa shape index (κ3) is 6.09. The maximum absolute atomic E-state index is 2.55. The molecular formula is C22H40. The number of allylic oxidation sites excluding steroid dienone is 2. The van der Waals surface area contributed by atoms with E-state index in [9.17, 15) is 0 Å². The Labute approximate surface area is 140 Å². The van der Waals surface area contributed by atoms with E-state index in [0.29, 0.717) is 0 Å². The van der Waals surface area contributed by atoms with Gasteiger partial charge in [-0.1, -0.05) is 90.2 Å². The Bertz CT molecular complexity index is 295. The van der Waals surface area contributed by atoms with Crippen molar-refractivity contribution in [2.45, 2.75) is 104 Å². The van der Waals surface area contributed by atoms with Crippen LogP contribution in [0.3, 0.4) is 0 Å². The van der Waals surface area contributed by atoms with Gasteiger partial charge < -0.3 is 0 Å². The number of rotatable bonds is 8. The van der Waals surface area contributed by atoms with Crippen LogP contribution in [0.2, 0.25) is 0 Å². The lowest BCUT2D eigenvalue weighted by Gasteiger charge is -2.30. The Morgan fingerprint density at radius 1 is 0.773 bits per heavy atom. The molecule has 0 heteroatoms. The summed E-state index contributed by atoms with van der Waals surface area (Å²) in [6, 6.07) is 0. The molecule has 0 bridgehead atoms. The molecule has 2 aliphatic rings. The highest BCUT2D eigenvalue weighted by Gasteiger charge is 2.23. The van der Waals surface area contributed by atoms with Crippen molar-refractivity contribution in [1.29, 1.82) is 0 Å². The second-order valence-corrected chi connectivity index (χ2v) is 8.12. The summed E-state index contributed by atoms with van der Waals surface area (Å²) < 4.78 is 0. The average molecular weight is 305 g/mol. The number of unbranched alkanes of at least 4 members (excludes halogenated alkanes) is 1. The minimum Gasteiger partial charge on any atom is -0.0885 e. The summed E-state index contributed by atoms with van der Waals surface area (Å²) in [5.74, 6) is 4.05. The Morgan fingerprint density at radius 3 is 2.18 bits per heavy atom. The summed E-state index contributed by atoms with van der Waals surface area (Å²) in [6.07, 6.45) is 25.6. The van der Waals surface area contributed by atoms with Crippen LogP contribution in [-0.4, -0.2) is 0 Å². The first kappa shape index (κ1) is 18.1. The lowest BCUT2D eigenvalue weighted by molar-refractivity contribution is 0.239. The van der Waals surface area contributed by atoms with Gasteiger partial charge in [-0.15, -0.1) is 0 Å². The van der Waals surface area contributed by atoms with Crippen molar-refractivity contribution in [1.82, 2.24) is 0 Å². The van der Waals surface area contributed by atoms with Crippen LogP contribution in [0.15, 0.2) is 12.2 Å². The van der Waals surface area contributed by atoms with Crippen molar-refractivity contribution in [3.63, 3.8) is 0 Å². The monoisotopic (exact) mass is 304 g/mol. The predicted molar refractivity (Wildman–Crippen MR) is 99.1 cm³/mol. The van der Waals surface area contributed by atoms with Crippen LogP contribution in [-0.2, 0) is 0 Å². The topological polar surface area (TPSA) is 0 Å². The lowest BCUT2D eigenvalue weighted by Crippen LogP contribution is -2.18. The molecule has 22 heavy (non-hydrogen) atoms. The molecule has 0 aromatic heterocycles. The van der Waals surface area contributed by atoms with Gasteiger partial charge in [0.1, 0.15) is 0 Å². The van der Waals surface area contributed by atoms with E-state index in [0.717, 1.165) is 23.7 Å². The average Bonchev–Trinajstić information content (AvgIpc) is 2.58. The summed E-state index contributed by atoms with van der Waals surface area (Å²) in [6.45, 7) is 4.64. The van der Waals surface area contributed by atoms with Crippen LogP contribution >= 0.6 is 0 Å². The van der Waals surface area contributed by atoms with Crippen LogP contribution < -0.4 is 0 Å². The van der Waals surface area contributed by atoms with Crippen molar-refractivity contribution >= 4 is 0 Å². The summed E-state index contributed by atoms with van der Waals surface area (Å²) in [5.41, 5.74) is 0. The first-order valence-corrected chi connectivity index (χ1v) is 10.5. The highest BCUT2D eigenvalue weighted by atomic mass is 14.3. The first-order chi connectivity index (χ1) is 10.8. The van der Waals surface area contributed by atoms with Crippen molar-refractivity contribution in [3.05, 3.63) is 12.2 Å². The van der Waals surface area contributed by atoms with E-state index in [2.05, 4.69) is 26.0 Å². The Morgan fingerprint density at radius 2 is 1.45 bits per heavy atom. The lowest BCUT2D eigenvalue weighted by atomic mass is 9.75. The molecule has 0 aromatic carbocycles. The zero-order valence-corrected chi connectivity index (χ0v) is 15.4. The fourth-order valence-electron chi connectivity index (χ4n) is 4.93. The molecular weight excluding hydrogens is 264 g/mol. The molecule has 0 spiro atoms. The Balaban J connectivity index is 1.60. The van der Waals surface area contributed by atoms with Gasteiger partial charge in [0.05, 0.1) is 0 Å². The van der Waals surface area contributed by atoms with Gasteiger partial charge in [-0.05, 0) is 49.4 Å². The van der Waals surface area contributed by atoms with E-state index in [-0.39, 0.29) is 0 Å². The second-order valence-electron chi connectivity index (χ2n) is 8.12. The molecule has 2 rings (SSSR count). The number of hydrogen-bond donors (Lipinski definition) is 0. The van der Waals surface area contributed by atoms with E-state index in [4.69, 9.17) is 0 Å². The van der Waals surface area contributed by atoms with Gasteiger partial charge in [0.2, 0.25) is 0 Å². The molecule has 0 saturated heterocycles. The molecule has 128 valence electrons. The van der Waals surface area contributed by atoms with Crippen LogP contribution in [0.25, 0.3) is 0 Å². The maximum atomic E-state index is 2.55. The van der Waals surface area contributed by atoms with Gasteiger partial charge in [0, 0.05) is 0 Å². The molecule has 0 aliphatic heterocycles. The highest BCUT2D eigenvalue weighted by Crippen LogP contribution is 2.36. The largest absolute Gasteiger partial charge is 0.0885 e. The van der Waals surface area contributed by atoms with Crippen molar-refractivity contribution < 1.29 is 0 Å². The maximum Gasteiger partial charge on any atom is -0.0205 e. The molecule has 2 aliphatic carbocycles. The van der Waals surface area contributed by atoms with Crippen LogP contribution in [0.4, 0.5) is 0 Å². The summed E-state index contributed by atoms with van der Waals surface area (Å²) in [5, 5.41) is 0. The zero-order chi connectivity index (χ0) is 15.6. The molecule has 0 heterocycles. The molecule has 0 amide bonds. The predicted octanol–water partition coefficient (Wildman–Crippen LogP) is 7.54. The first-order valence-electron chi connectivity index (χ1n) is 10.5. The van der Waals surface area contributed by atoms with Gasteiger partial charge in [-0.3, -0.25) is 0 Å². The van der Waals surface area contributed by atoms with Crippen molar-refractivity contribution in [2.24, 2.45) is 23.7 Å². The SMILES string of the molecule is CCC=CC1CCCCC1CCCCC1CCC(CC)CC1. The third-order valence-corrected chi connectivity index (χ3v) is 6.57. The third-order valence-electron chi connectivity index (χ3n) is 6.57. The molecule has 0 aromatic rings. The Hall–Kier alpha value is -0.260. The van der Waals surface area contributed by atoms with Crippen LogP contribution in [0, 0.1) is 23.7 Å². The van der Waals surface area contributed by atoms with Gasteiger partial charge in [-0.25, -0.2) is 0 Å². The minimum atomic E-state index is 0.911. The highest BCUT2D eigenvalue weighted by molar-refractivity contribution is 4.93. The van der Waals surface area contributed by atoms with Gasteiger partial charge in [0.15, 0.2) is 0 Å². The molecule has 0 radical (unpaired) electrons. The fourth-order valence-corrected chi connectivity index (χ4v) is 4.93. The second kappa shape index (κ2) is 10.5. The molecule has 2 unspecified atom stereocenters. The van der Waals surface area contributed by atoms with Crippen LogP contribution in [0.1, 0.15) is 104 Å². The van der Waals surface area contributed by atoms with E-state index in [1.54, 1.807) is 0 Å². The zero-order valence-electron chi connectivity index (χ0n) is 15.4. The normalized spacial score (nSPS) is 33.4. The van der Waals surface area contributed by atoms with Gasteiger partial charge in [0.25, 0.3) is 0 Å². The summed E-state index contributed by atoms with van der Waals surface area (Å²) in [4.78, 5) is 0. The summed E-state index contributed by atoms with van der Waals surface area (Å²) in [7, 11) is 0. The fraction of sp³-hybridized carbons (Fsp3) is 0.909. The van der Waals surface area contributed by atoms with Gasteiger partial charge in [-0.2, -0.15) is 0 Å². The molecule has 2 atom stereocenters. The van der Waals surface area contributed by atoms with Gasteiger partial charge >= 0.3 is 0 Å².